The topological polar surface area (TPSA) is 85.3 Å². The second-order valence-corrected chi connectivity index (χ2v) is 7.59. The molecular weight excluding hydrogens is 344 g/mol. The predicted molar refractivity (Wildman–Crippen MR) is 105 cm³/mol. The lowest BCUT2D eigenvalue weighted by atomic mass is 9.85. The molecule has 27 heavy (non-hydrogen) atoms. The molecule has 142 valence electrons. The predicted octanol–water partition coefficient (Wildman–Crippen LogP) is 3.45. The number of anilines is 2. The minimum atomic E-state index is -0.542. The van der Waals surface area contributed by atoms with Crippen molar-refractivity contribution in [1.29, 1.82) is 0 Å². The lowest BCUT2D eigenvalue weighted by molar-refractivity contribution is -0.123. The van der Waals surface area contributed by atoms with Crippen molar-refractivity contribution in [2.24, 2.45) is 5.41 Å². The van der Waals surface area contributed by atoms with Crippen LogP contribution in [0.1, 0.15) is 44.2 Å². The van der Waals surface area contributed by atoms with Crippen LogP contribution in [0.5, 0.6) is 5.75 Å². The molecule has 0 saturated heterocycles. The molecule has 0 spiro atoms. The van der Waals surface area contributed by atoms with Crippen LogP contribution < -0.4 is 15.4 Å². The maximum absolute atomic E-state index is 12.5. The number of ether oxygens (including phenoxy) is 1. The molecule has 3 rings (SSSR count). The van der Waals surface area contributed by atoms with Gasteiger partial charge in [0.05, 0.1) is 19.0 Å². The third-order valence-electron chi connectivity index (χ3n) is 4.55. The van der Waals surface area contributed by atoms with Gasteiger partial charge in [-0.3, -0.25) is 9.59 Å². The van der Waals surface area contributed by atoms with E-state index in [1.165, 1.54) is 7.11 Å². The largest absolute Gasteiger partial charge is 0.494 e. The number of aromatic nitrogens is 2. The first-order chi connectivity index (χ1) is 12.7. The number of rotatable bonds is 4. The van der Waals surface area contributed by atoms with Crippen LogP contribution in [0.25, 0.3) is 6.20 Å². The molecule has 1 unspecified atom stereocenters. The Kier molecular flexibility index (Phi) is 4.78. The van der Waals surface area contributed by atoms with Crippen molar-refractivity contribution in [2.75, 3.05) is 17.7 Å². The Labute approximate surface area is 158 Å². The number of fused-ring (bicyclic) bond motifs is 1. The molecule has 1 aliphatic heterocycles. The Balaban J connectivity index is 2.06. The summed E-state index contributed by atoms with van der Waals surface area (Å²) in [5.74, 6) is 0.136. The molecule has 2 amide bonds. The highest BCUT2D eigenvalue weighted by molar-refractivity contribution is 5.99. The van der Waals surface area contributed by atoms with Crippen LogP contribution in [-0.4, -0.2) is 28.7 Å². The van der Waals surface area contributed by atoms with Gasteiger partial charge >= 0.3 is 0 Å². The molecule has 1 aromatic carbocycles. The van der Waals surface area contributed by atoms with Crippen molar-refractivity contribution in [3.63, 3.8) is 0 Å². The van der Waals surface area contributed by atoms with E-state index in [-0.39, 0.29) is 17.7 Å². The first-order valence-electron chi connectivity index (χ1n) is 8.72. The van der Waals surface area contributed by atoms with Gasteiger partial charge in [-0.2, -0.15) is 5.10 Å². The molecule has 2 heterocycles. The van der Waals surface area contributed by atoms with Crippen molar-refractivity contribution in [2.45, 2.75) is 33.1 Å². The third kappa shape index (κ3) is 3.72. The molecule has 1 atom stereocenters. The normalized spacial score (nSPS) is 16.3. The molecule has 7 nitrogen and oxygen atoms in total. The smallest absolute Gasteiger partial charge is 0.229 e. The summed E-state index contributed by atoms with van der Waals surface area (Å²) < 4.78 is 7.03. The monoisotopic (exact) mass is 368 g/mol. The maximum atomic E-state index is 12.5. The van der Waals surface area contributed by atoms with E-state index in [0.29, 0.717) is 23.5 Å². The van der Waals surface area contributed by atoms with E-state index in [0.717, 1.165) is 11.1 Å². The average Bonchev–Trinajstić information content (AvgIpc) is 3.09. The van der Waals surface area contributed by atoms with Crippen LogP contribution in [0.15, 0.2) is 31.1 Å². The zero-order chi connectivity index (χ0) is 19.8. The molecule has 0 aliphatic carbocycles. The summed E-state index contributed by atoms with van der Waals surface area (Å²) in [5.41, 5.74) is 2.52. The first-order valence-corrected chi connectivity index (χ1v) is 8.72. The molecule has 1 aromatic heterocycles. The Hall–Kier alpha value is -3.09. The fourth-order valence-electron chi connectivity index (χ4n) is 3.00. The fraction of sp³-hybridized carbons (Fsp3) is 0.350. The Morgan fingerprint density at radius 3 is 2.78 bits per heavy atom. The zero-order valence-corrected chi connectivity index (χ0v) is 16.0. The molecule has 0 bridgehead atoms. The first kappa shape index (κ1) is 18.7. The van der Waals surface area contributed by atoms with E-state index < -0.39 is 5.41 Å². The van der Waals surface area contributed by atoms with Crippen LogP contribution in [0.4, 0.5) is 11.4 Å². The summed E-state index contributed by atoms with van der Waals surface area (Å²) in [4.78, 5) is 24.7. The number of hydrogen-bond acceptors (Lipinski definition) is 4. The van der Waals surface area contributed by atoms with Gasteiger partial charge in [0.2, 0.25) is 11.8 Å². The number of carbonyl (C=O) groups is 2. The lowest BCUT2D eigenvalue weighted by Crippen LogP contribution is -2.28. The molecule has 2 aromatic rings. The minimum absolute atomic E-state index is 0.0765. The van der Waals surface area contributed by atoms with Gasteiger partial charge in [0.25, 0.3) is 0 Å². The number of nitrogens with one attached hydrogen (secondary N) is 2. The van der Waals surface area contributed by atoms with Crippen molar-refractivity contribution in [3.8, 4) is 5.75 Å². The van der Waals surface area contributed by atoms with Crippen LogP contribution in [-0.2, 0) is 9.59 Å². The van der Waals surface area contributed by atoms with Crippen molar-refractivity contribution >= 4 is 29.4 Å². The summed E-state index contributed by atoms with van der Waals surface area (Å²) in [6.45, 7) is 9.24. The van der Waals surface area contributed by atoms with E-state index in [1.54, 1.807) is 23.1 Å². The number of nitrogens with zero attached hydrogens (tertiary/aromatic N) is 2. The number of carbonyl (C=O) groups excluding carboxylic acids is 2. The van der Waals surface area contributed by atoms with E-state index in [2.05, 4.69) is 22.3 Å². The maximum Gasteiger partial charge on any atom is 0.229 e. The van der Waals surface area contributed by atoms with Gasteiger partial charge in [0.1, 0.15) is 5.75 Å². The molecule has 0 saturated carbocycles. The fourth-order valence-corrected chi connectivity index (χ4v) is 3.00. The van der Waals surface area contributed by atoms with Gasteiger partial charge in [-0.05, 0) is 17.2 Å². The highest BCUT2D eigenvalue weighted by Gasteiger charge is 2.30. The van der Waals surface area contributed by atoms with E-state index in [9.17, 15) is 9.59 Å². The van der Waals surface area contributed by atoms with Gasteiger partial charge in [0.15, 0.2) is 0 Å². The molecule has 1 aliphatic rings. The second-order valence-electron chi connectivity index (χ2n) is 7.59. The van der Waals surface area contributed by atoms with Crippen LogP contribution in [0.2, 0.25) is 0 Å². The molecular formula is C20H24N4O3. The number of amides is 2. The average molecular weight is 368 g/mol. The zero-order valence-electron chi connectivity index (χ0n) is 16.0. The van der Waals surface area contributed by atoms with Gasteiger partial charge in [0, 0.05) is 41.9 Å². The minimum Gasteiger partial charge on any atom is -0.494 e. The molecule has 0 radical (unpaired) electrons. The molecule has 0 fully saturated rings. The molecule has 7 heteroatoms. The van der Waals surface area contributed by atoms with Crippen molar-refractivity contribution in [3.05, 3.63) is 42.2 Å². The Morgan fingerprint density at radius 2 is 2.19 bits per heavy atom. The lowest BCUT2D eigenvalue weighted by Gasteiger charge is -2.27. The number of benzene rings is 1. The van der Waals surface area contributed by atoms with E-state index in [1.807, 2.05) is 33.0 Å². The Bertz CT molecular complexity index is 908. The third-order valence-corrected chi connectivity index (χ3v) is 4.55. The Morgan fingerprint density at radius 1 is 1.44 bits per heavy atom. The van der Waals surface area contributed by atoms with Gasteiger partial charge in [-0.25, -0.2) is 4.68 Å². The van der Waals surface area contributed by atoms with Gasteiger partial charge < -0.3 is 15.4 Å². The summed E-state index contributed by atoms with van der Waals surface area (Å²) in [6.07, 6.45) is 5.47. The summed E-state index contributed by atoms with van der Waals surface area (Å²) in [6, 6.07) is 3.61. The number of hydrogen-bond donors (Lipinski definition) is 2. The van der Waals surface area contributed by atoms with Crippen LogP contribution in [0.3, 0.4) is 0 Å². The van der Waals surface area contributed by atoms with Crippen LogP contribution >= 0.6 is 0 Å². The van der Waals surface area contributed by atoms with E-state index in [4.69, 9.17) is 4.74 Å². The second kappa shape index (κ2) is 6.90. The van der Waals surface area contributed by atoms with Crippen LogP contribution in [0, 0.1) is 5.41 Å². The summed E-state index contributed by atoms with van der Waals surface area (Å²) in [5, 5.41) is 10.0. The van der Waals surface area contributed by atoms with Crippen molar-refractivity contribution in [1.82, 2.24) is 9.78 Å². The van der Waals surface area contributed by atoms with Gasteiger partial charge in [-0.15, -0.1) is 0 Å². The highest BCUT2D eigenvalue weighted by atomic mass is 16.5. The van der Waals surface area contributed by atoms with E-state index >= 15 is 0 Å². The standard InChI is InChI=1S/C20H24N4O3/c1-6-24-11-12(10-21-24)13-8-18(25)22-15-9-17(27-5)16(7-14(13)15)23-19(26)20(2,3)4/h6-7,9-11,13H,1,8H2,2-5H3,(H,22,25)(H,23,26). The summed E-state index contributed by atoms with van der Waals surface area (Å²) >= 11 is 0. The quantitative estimate of drug-likeness (QED) is 0.865. The highest BCUT2D eigenvalue weighted by Crippen LogP contribution is 2.42. The summed E-state index contributed by atoms with van der Waals surface area (Å²) in [7, 11) is 1.53. The van der Waals surface area contributed by atoms with Gasteiger partial charge in [-0.1, -0.05) is 27.4 Å². The molecule has 2 N–H and O–H groups in total. The number of methoxy groups -OCH3 is 1. The SMILES string of the molecule is C=Cn1cc(C2CC(=O)Nc3cc(OC)c(NC(=O)C(C)(C)C)cc32)cn1. The van der Waals surface area contributed by atoms with Crippen molar-refractivity contribution < 1.29 is 14.3 Å².